The van der Waals surface area contributed by atoms with Crippen molar-refractivity contribution in [3.63, 3.8) is 0 Å². The van der Waals surface area contributed by atoms with Crippen LogP contribution in [0.4, 0.5) is 18.0 Å². The number of rotatable bonds is 6. The summed E-state index contributed by atoms with van der Waals surface area (Å²) in [6.45, 7) is 5.13. The lowest BCUT2D eigenvalue weighted by Crippen LogP contribution is -2.40. The number of alkyl carbamates (subject to hydrolysis) is 1. The summed E-state index contributed by atoms with van der Waals surface area (Å²) in [5, 5.41) is 2.63. The molecule has 0 spiro atoms. The first kappa shape index (κ1) is 20.8. The lowest BCUT2D eigenvalue weighted by molar-refractivity contribution is -0.137. The molecule has 0 aliphatic heterocycles. The van der Waals surface area contributed by atoms with Gasteiger partial charge in [0.25, 0.3) is 0 Å². The Labute approximate surface area is 144 Å². The Hall–Kier alpha value is -2.25. The van der Waals surface area contributed by atoms with Gasteiger partial charge in [0.2, 0.25) is 5.91 Å². The Kier molecular flexibility index (Phi) is 6.84. The van der Waals surface area contributed by atoms with Crippen molar-refractivity contribution in [2.45, 2.75) is 57.9 Å². The third-order valence-electron chi connectivity index (χ3n) is 3.22. The van der Waals surface area contributed by atoms with Crippen molar-refractivity contribution in [1.82, 2.24) is 5.32 Å². The maximum absolute atomic E-state index is 12.6. The van der Waals surface area contributed by atoms with Crippen molar-refractivity contribution in [3.05, 3.63) is 35.4 Å². The second-order valence-corrected chi connectivity index (χ2v) is 6.75. The minimum Gasteiger partial charge on any atom is -0.444 e. The molecule has 0 radical (unpaired) electrons. The molecule has 1 rings (SSSR count). The molecule has 0 aliphatic rings. The normalized spacial score (nSPS) is 13.2. The highest BCUT2D eigenvalue weighted by Crippen LogP contribution is 2.29. The molecule has 140 valence electrons. The lowest BCUT2D eigenvalue weighted by atomic mass is 10.0. The molecule has 25 heavy (non-hydrogen) atoms. The van der Waals surface area contributed by atoms with Crippen LogP contribution in [0.15, 0.2) is 24.3 Å². The van der Waals surface area contributed by atoms with Crippen LogP contribution in [-0.2, 0) is 22.1 Å². The first-order valence-electron chi connectivity index (χ1n) is 7.81. The van der Waals surface area contributed by atoms with Gasteiger partial charge in [-0.15, -0.1) is 0 Å². The van der Waals surface area contributed by atoms with Crippen molar-refractivity contribution in [2.75, 3.05) is 0 Å². The largest absolute Gasteiger partial charge is 0.444 e. The zero-order valence-electron chi connectivity index (χ0n) is 14.4. The van der Waals surface area contributed by atoms with E-state index >= 15 is 0 Å². The molecule has 0 bridgehead atoms. The number of ether oxygens (including phenoxy) is 1. The van der Waals surface area contributed by atoms with Crippen molar-refractivity contribution < 1.29 is 27.5 Å². The molecule has 0 fully saturated rings. The topological polar surface area (TPSA) is 81.4 Å². The van der Waals surface area contributed by atoms with E-state index in [9.17, 15) is 22.8 Å². The summed E-state index contributed by atoms with van der Waals surface area (Å²) in [5.74, 6) is -0.525. The number of alkyl halides is 3. The molecule has 0 aromatic heterocycles. The van der Waals surface area contributed by atoms with Gasteiger partial charge in [-0.25, -0.2) is 4.79 Å². The van der Waals surface area contributed by atoms with Crippen LogP contribution >= 0.6 is 0 Å². The number of primary amides is 1. The summed E-state index contributed by atoms with van der Waals surface area (Å²) < 4.78 is 43.0. The van der Waals surface area contributed by atoms with E-state index in [0.29, 0.717) is 5.56 Å². The predicted octanol–water partition coefficient (Wildman–Crippen LogP) is 3.41. The highest BCUT2D eigenvalue weighted by Gasteiger charge is 2.30. The summed E-state index contributed by atoms with van der Waals surface area (Å²) in [4.78, 5) is 22.9. The number of benzene rings is 1. The molecule has 3 N–H and O–H groups in total. The molecule has 5 nitrogen and oxygen atoms in total. The SMILES string of the molecule is CC(C)(C)OC(=O)NC(CCC(N)=O)Cc1ccc(C(F)(F)F)cc1. The van der Waals surface area contributed by atoms with Gasteiger partial charge in [0, 0.05) is 12.5 Å². The Morgan fingerprint density at radius 1 is 1.16 bits per heavy atom. The molecule has 1 atom stereocenters. The van der Waals surface area contributed by atoms with Crippen molar-refractivity contribution >= 4 is 12.0 Å². The Bertz CT molecular complexity index is 593. The summed E-state index contributed by atoms with van der Waals surface area (Å²) >= 11 is 0. The minimum absolute atomic E-state index is 0.0428. The number of carbonyl (C=O) groups is 2. The average Bonchev–Trinajstić information content (AvgIpc) is 2.42. The Morgan fingerprint density at radius 3 is 2.16 bits per heavy atom. The van der Waals surface area contributed by atoms with Crippen LogP contribution in [0.2, 0.25) is 0 Å². The molecule has 1 aromatic rings. The van der Waals surface area contributed by atoms with Gasteiger partial charge in [-0.05, 0) is 51.3 Å². The maximum Gasteiger partial charge on any atom is 0.416 e. The van der Waals surface area contributed by atoms with Crippen molar-refractivity contribution in [1.29, 1.82) is 0 Å². The number of nitrogens with one attached hydrogen (secondary N) is 1. The molecule has 0 heterocycles. The number of hydrogen-bond donors (Lipinski definition) is 2. The zero-order chi connectivity index (χ0) is 19.3. The van der Waals surface area contributed by atoms with Gasteiger partial charge in [-0.3, -0.25) is 4.79 Å². The molecule has 0 saturated carbocycles. The van der Waals surface area contributed by atoms with Crippen molar-refractivity contribution in [3.8, 4) is 0 Å². The van der Waals surface area contributed by atoms with Gasteiger partial charge in [-0.1, -0.05) is 12.1 Å². The summed E-state index contributed by atoms with van der Waals surface area (Å²) in [5.41, 5.74) is 4.29. The number of carbonyl (C=O) groups excluding carboxylic acids is 2. The number of amides is 2. The van der Waals surface area contributed by atoms with E-state index in [1.807, 2.05) is 0 Å². The fourth-order valence-electron chi connectivity index (χ4n) is 2.13. The van der Waals surface area contributed by atoms with Crippen LogP contribution in [0.25, 0.3) is 0 Å². The molecular weight excluding hydrogens is 337 g/mol. The Balaban J connectivity index is 2.79. The van der Waals surface area contributed by atoms with Crippen LogP contribution in [0, 0.1) is 0 Å². The molecule has 2 amide bonds. The monoisotopic (exact) mass is 360 g/mol. The van der Waals surface area contributed by atoms with Gasteiger partial charge in [0.15, 0.2) is 0 Å². The van der Waals surface area contributed by atoms with E-state index in [1.165, 1.54) is 12.1 Å². The van der Waals surface area contributed by atoms with E-state index in [4.69, 9.17) is 10.5 Å². The van der Waals surface area contributed by atoms with Crippen molar-refractivity contribution in [2.24, 2.45) is 5.73 Å². The van der Waals surface area contributed by atoms with E-state index < -0.39 is 35.4 Å². The minimum atomic E-state index is -4.40. The van der Waals surface area contributed by atoms with Gasteiger partial charge >= 0.3 is 12.3 Å². The third kappa shape index (κ3) is 8.42. The van der Waals surface area contributed by atoms with Crippen LogP contribution in [0.5, 0.6) is 0 Å². The average molecular weight is 360 g/mol. The first-order valence-corrected chi connectivity index (χ1v) is 7.81. The number of hydrogen-bond acceptors (Lipinski definition) is 3. The highest BCUT2D eigenvalue weighted by molar-refractivity contribution is 5.74. The summed E-state index contributed by atoms with van der Waals surface area (Å²) in [6.07, 6.45) is -4.51. The van der Waals surface area contributed by atoms with E-state index in [1.54, 1.807) is 20.8 Å². The first-order chi connectivity index (χ1) is 11.4. The fourth-order valence-corrected chi connectivity index (χ4v) is 2.13. The number of halogens is 3. The van der Waals surface area contributed by atoms with Gasteiger partial charge in [-0.2, -0.15) is 13.2 Å². The lowest BCUT2D eigenvalue weighted by Gasteiger charge is -2.23. The van der Waals surface area contributed by atoms with Gasteiger partial charge < -0.3 is 15.8 Å². The Morgan fingerprint density at radius 2 is 1.72 bits per heavy atom. The van der Waals surface area contributed by atoms with E-state index in [-0.39, 0.29) is 19.3 Å². The molecule has 0 aliphatic carbocycles. The second-order valence-electron chi connectivity index (χ2n) is 6.75. The second kappa shape index (κ2) is 8.22. The molecule has 1 aromatic carbocycles. The summed E-state index contributed by atoms with van der Waals surface area (Å²) in [6, 6.07) is 4.16. The molecular formula is C17H23F3N2O3. The van der Waals surface area contributed by atoms with Crippen LogP contribution < -0.4 is 11.1 Å². The standard InChI is InChI=1S/C17H23F3N2O3/c1-16(2,3)25-15(24)22-13(8-9-14(21)23)10-11-4-6-12(7-5-11)17(18,19)20/h4-7,13H,8-10H2,1-3H3,(H2,21,23)(H,22,24). The number of nitrogens with two attached hydrogens (primary N) is 1. The maximum atomic E-state index is 12.6. The zero-order valence-corrected chi connectivity index (χ0v) is 14.4. The molecule has 0 saturated heterocycles. The van der Waals surface area contributed by atoms with Gasteiger partial charge in [0.05, 0.1) is 5.56 Å². The quantitative estimate of drug-likeness (QED) is 0.816. The predicted molar refractivity (Wildman–Crippen MR) is 86.7 cm³/mol. The van der Waals surface area contributed by atoms with Crippen LogP contribution in [0.3, 0.4) is 0 Å². The van der Waals surface area contributed by atoms with Crippen LogP contribution in [-0.4, -0.2) is 23.6 Å². The van der Waals surface area contributed by atoms with Crippen LogP contribution in [0.1, 0.15) is 44.7 Å². The summed E-state index contributed by atoms with van der Waals surface area (Å²) in [7, 11) is 0. The highest BCUT2D eigenvalue weighted by atomic mass is 19.4. The van der Waals surface area contributed by atoms with Gasteiger partial charge in [0.1, 0.15) is 5.60 Å². The smallest absolute Gasteiger partial charge is 0.416 e. The third-order valence-corrected chi connectivity index (χ3v) is 3.22. The van der Waals surface area contributed by atoms with E-state index in [0.717, 1.165) is 12.1 Å². The van der Waals surface area contributed by atoms with E-state index in [2.05, 4.69) is 5.32 Å². The molecule has 1 unspecified atom stereocenters. The molecule has 8 heteroatoms. The fraction of sp³-hybridized carbons (Fsp3) is 0.529.